The summed E-state index contributed by atoms with van der Waals surface area (Å²) in [5.41, 5.74) is 9.61. The van der Waals surface area contributed by atoms with Gasteiger partial charge in [0.15, 0.2) is 0 Å². The average Bonchev–Trinajstić information content (AvgIpc) is 2.03. The van der Waals surface area contributed by atoms with Gasteiger partial charge < -0.3 is 16.2 Å². The number of carbonyl (C=O) groups excluding carboxylic acids is 1. The molecule has 0 bridgehead atoms. The molecule has 0 heterocycles. The second kappa shape index (κ2) is 5.94. The van der Waals surface area contributed by atoms with Crippen LogP contribution >= 0.6 is 0 Å². The zero-order valence-electron chi connectivity index (χ0n) is 8.51. The van der Waals surface area contributed by atoms with Crippen LogP contribution in [-0.4, -0.2) is 24.7 Å². The maximum Gasteiger partial charge on any atom is 0.239 e. The number of nitrogens with two attached hydrogens (primary N) is 2. The molecule has 0 radical (unpaired) electrons. The molecule has 0 saturated carbocycles. The molecule has 78 valence electrons. The van der Waals surface area contributed by atoms with Crippen LogP contribution in [0.4, 0.5) is 0 Å². The highest BCUT2D eigenvalue weighted by molar-refractivity contribution is 5.83. The van der Waals surface area contributed by atoms with E-state index in [0.717, 1.165) is 19.3 Å². The number of unbranched alkanes of at least 4 members (excludes halogenated alkanes) is 2. The van der Waals surface area contributed by atoms with E-state index >= 15 is 0 Å². The molecule has 1 amide bonds. The summed E-state index contributed by atoms with van der Waals surface area (Å²) in [4.78, 5) is 10.8. The Morgan fingerprint density at radius 2 is 2.08 bits per heavy atom. The van der Waals surface area contributed by atoms with Gasteiger partial charge in [-0.05, 0) is 13.3 Å². The summed E-state index contributed by atoms with van der Waals surface area (Å²) < 4.78 is 5.24. The fraction of sp³-hybridized carbons (Fsp3) is 0.889. The molecule has 0 spiro atoms. The van der Waals surface area contributed by atoms with Crippen molar-refractivity contribution < 1.29 is 9.53 Å². The molecule has 0 aromatic carbocycles. The maximum atomic E-state index is 10.8. The monoisotopic (exact) mass is 188 g/mol. The summed E-state index contributed by atoms with van der Waals surface area (Å²) in [7, 11) is 0. The van der Waals surface area contributed by atoms with Gasteiger partial charge in [0.05, 0.1) is 6.61 Å². The van der Waals surface area contributed by atoms with Gasteiger partial charge in [-0.1, -0.05) is 19.8 Å². The van der Waals surface area contributed by atoms with Crippen molar-refractivity contribution >= 4 is 5.91 Å². The number of hydrogen-bond donors (Lipinski definition) is 2. The van der Waals surface area contributed by atoms with Gasteiger partial charge in [-0.2, -0.15) is 0 Å². The van der Waals surface area contributed by atoms with Crippen LogP contribution in [0.1, 0.15) is 33.1 Å². The number of rotatable bonds is 7. The molecule has 0 aromatic rings. The van der Waals surface area contributed by atoms with Crippen molar-refractivity contribution in [1.82, 2.24) is 0 Å². The van der Waals surface area contributed by atoms with Gasteiger partial charge in [0.1, 0.15) is 5.54 Å². The summed E-state index contributed by atoms with van der Waals surface area (Å²) in [6.07, 6.45) is 3.29. The predicted molar refractivity (Wildman–Crippen MR) is 52.1 cm³/mol. The molecule has 1 atom stereocenters. The van der Waals surface area contributed by atoms with Crippen molar-refractivity contribution in [2.24, 2.45) is 11.5 Å². The molecular formula is C9H20N2O2. The third kappa shape index (κ3) is 5.60. The van der Waals surface area contributed by atoms with Gasteiger partial charge in [-0.25, -0.2) is 0 Å². The molecule has 13 heavy (non-hydrogen) atoms. The molecule has 0 saturated heterocycles. The van der Waals surface area contributed by atoms with Gasteiger partial charge in [0.25, 0.3) is 0 Å². The Balaban J connectivity index is 3.46. The third-order valence-electron chi connectivity index (χ3n) is 1.86. The quantitative estimate of drug-likeness (QED) is 0.567. The number of primary amides is 1. The van der Waals surface area contributed by atoms with E-state index in [2.05, 4.69) is 6.92 Å². The molecular weight excluding hydrogens is 168 g/mol. The molecule has 0 aliphatic heterocycles. The highest BCUT2D eigenvalue weighted by Gasteiger charge is 2.25. The molecule has 0 aliphatic rings. The molecule has 0 aromatic heterocycles. The van der Waals surface area contributed by atoms with Gasteiger partial charge >= 0.3 is 0 Å². The zero-order chi connectivity index (χ0) is 10.3. The van der Waals surface area contributed by atoms with Gasteiger partial charge in [-0.15, -0.1) is 0 Å². The first-order valence-electron chi connectivity index (χ1n) is 4.67. The minimum atomic E-state index is -1.04. The SMILES string of the molecule is CCCCCOCC(C)(N)C(N)=O. The molecule has 0 rings (SSSR count). The number of carbonyl (C=O) groups is 1. The Labute approximate surface area is 79.6 Å². The molecule has 4 heteroatoms. The van der Waals surface area contributed by atoms with Crippen molar-refractivity contribution in [3.8, 4) is 0 Å². The average molecular weight is 188 g/mol. The largest absolute Gasteiger partial charge is 0.379 e. The second-order valence-electron chi connectivity index (χ2n) is 3.54. The Morgan fingerprint density at radius 3 is 2.54 bits per heavy atom. The van der Waals surface area contributed by atoms with Crippen LogP contribution < -0.4 is 11.5 Å². The molecule has 0 aliphatic carbocycles. The van der Waals surface area contributed by atoms with Crippen LogP contribution in [0.3, 0.4) is 0 Å². The van der Waals surface area contributed by atoms with E-state index in [0.29, 0.717) is 6.61 Å². The van der Waals surface area contributed by atoms with Crippen LogP contribution in [0.25, 0.3) is 0 Å². The second-order valence-corrected chi connectivity index (χ2v) is 3.54. The van der Waals surface area contributed by atoms with Crippen LogP contribution in [0.15, 0.2) is 0 Å². The van der Waals surface area contributed by atoms with Crippen molar-refractivity contribution in [1.29, 1.82) is 0 Å². The van der Waals surface area contributed by atoms with Crippen LogP contribution in [0, 0.1) is 0 Å². The summed E-state index contributed by atoms with van der Waals surface area (Å²) in [5, 5.41) is 0. The van der Waals surface area contributed by atoms with E-state index in [1.165, 1.54) is 0 Å². The van der Waals surface area contributed by atoms with Crippen molar-refractivity contribution in [2.75, 3.05) is 13.2 Å². The van der Waals surface area contributed by atoms with E-state index < -0.39 is 11.4 Å². The normalized spacial score (nSPS) is 15.3. The van der Waals surface area contributed by atoms with E-state index in [9.17, 15) is 4.79 Å². The van der Waals surface area contributed by atoms with Gasteiger partial charge in [-0.3, -0.25) is 4.79 Å². The summed E-state index contributed by atoms with van der Waals surface area (Å²) >= 11 is 0. The lowest BCUT2D eigenvalue weighted by Gasteiger charge is -2.19. The highest BCUT2D eigenvalue weighted by Crippen LogP contribution is 2.00. The topological polar surface area (TPSA) is 78.3 Å². The van der Waals surface area contributed by atoms with Crippen molar-refractivity contribution in [3.05, 3.63) is 0 Å². The molecule has 4 nitrogen and oxygen atoms in total. The predicted octanol–water partition coefficient (Wildman–Crippen LogP) is 0.396. The number of hydrogen-bond acceptors (Lipinski definition) is 3. The van der Waals surface area contributed by atoms with E-state index in [-0.39, 0.29) is 6.61 Å². The van der Waals surface area contributed by atoms with Crippen LogP contribution in [-0.2, 0) is 9.53 Å². The zero-order valence-corrected chi connectivity index (χ0v) is 8.51. The minimum Gasteiger partial charge on any atom is -0.379 e. The fourth-order valence-corrected chi connectivity index (χ4v) is 0.809. The highest BCUT2D eigenvalue weighted by atomic mass is 16.5. The summed E-state index contributed by atoms with van der Waals surface area (Å²) in [5.74, 6) is -0.525. The lowest BCUT2D eigenvalue weighted by atomic mass is 10.1. The smallest absolute Gasteiger partial charge is 0.239 e. The third-order valence-corrected chi connectivity index (χ3v) is 1.86. The Kier molecular flexibility index (Phi) is 5.66. The van der Waals surface area contributed by atoms with Crippen LogP contribution in [0.2, 0.25) is 0 Å². The summed E-state index contributed by atoms with van der Waals surface area (Å²) in [6.45, 7) is 4.55. The molecule has 0 fully saturated rings. The first kappa shape index (κ1) is 12.4. The lowest BCUT2D eigenvalue weighted by Crippen LogP contribution is -2.52. The Morgan fingerprint density at radius 1 is 1.46 bits per heavy atom. The first-order valence-corrected chi connectivity index (χ1v) is 4.67. The standard InChI is InChI=1S/C9H20N2O2/c1-3-4-5-6-13-7-9(2,11)8(10)12/h3-7,11H2,1-2H3,(H2,10,12). The Bertz CT molecular complexity index is 158. The van der Waals surface area contributed by atoms with Crippen molar-refractivity contribution in [3.63, 3.8) is 0 Å². The van der Waals surface area contributed by atoms with E-state index in [4.69, 9.17) is 16.2 Å². The molecule has 1 unspecified atom stereocenters. The number of ether oxygens (including phenoxy) is 1. The van der Waals surface area contributed by atoms with Crippen LogP contribution in [0.5, 0.6) is 0 Å². The molecule has 4 N–H and O–H groups in total. The van der Waals surface area contributed by atoms with Gasteiger partial charge in [0, 0.05) is 6.61 Å². The Hall–Kier alpha value is -0.610. The van der Waals surface area contributed by atoms with Gasteiger partial charge in [0.2, 0.25) is 5.91 Å². The minimum absolute atomic E-state index is 0.200. The summed E-state index contributed by atoms with van der Waals surface area (Å²) in [6, 6.07) is 0. The first-order chi connectivity index (χ1) is 6.00. The fourth-order valence-electron chi connectivity index (χ4n) is 0.809. The van der Waals surface area contributed by atoms with E-state index in [1.54, 1.807) is 6.92 Å². The number of amides is 1. The maximum absolute atomic E-state index is 10.8. The van der Waals surface area contributed by atoms with Crippen molar-refractivity contribution in [2.45, 2.75) is 38.6 Å². The lowest BCUT2D eigenvalue weighted by molar-refractivity contribution is -0.124. The van der Waals surface area contributed by atoms with E-state index in [1.807, 2.05) is 0 Å².